The highest BCUT2D eigenvalue weighted by Crippen LogP contribution is 2.28. The van der Waals surface area contributed by atoms with Crippen molar-refractivity contribution in [3.05, 3.63) is 63.4 Å². The summed E-state index contributed by atoms with van der Waals surface area (Å²) < 4.78 is 15.1. The Morgan fingerprint density at radius 2 is 1.85 bits per heavy atom. The summed E-state index contributed by atoms with van der Waals surface area (Å²) in [6.45, 7) is 3.80. The predicted octanol–water partition coefficient (Wildman–Crippen LogP) is 5.00. The molecule has 1 nitrogen and oxygen atoms in total. The van der Waals surface area contributed by atoms with Crippen molar-refractivity contribution in [3.8, 4) is 0 Å². The molecule has 0 bridgehead atoms. The molecule has 0 aliphatic heterocycles. The molecule has 0 aromatic heterocycles. The van der Waals surface area contributed by atoms with Gasteiger partial charge in [0.25, 0.3) is 0 Å². The number of thioether (sulfide) groups is 1. The number of halogens is 2. The van der Waals surface area contributed by atoms with E-state index in [2.05, 4.69) is 15.9 Å². The average Bonchev–Trinajstić information content (AvgIpc) is 2.37. The highest BCUT2D eigenvalue weighted by atomic mass is 79.9. The Hall–Kier alpha value is -0.840. The van der Waals surface area contributed by atoms with E-state index in [4.69, 9.17) is 5.73 Å². The summed E-state index contributed by atoms with van der Waals surface area (Å²) in [6.07, 6.45) is 0. The molecule has 20 heavy (non-hydrogen) atoms. The van der Waals surface area contributed by atoms with E-state index in [1.165, 1.54) is 0 Å². The van der Waals surface area contributed by atoms with Crippen LogP contribution in [-0.4, -0.2) is 5.75 Å². The van der Waals surface area contributed by atoms with Gasteiger partial charge in [-0.05, 0) is 55.3 Å². The van der Waals surface area contributed by atoms with Crippen LogP contribution in [0, 0.1) is 19.7 Å². The quantitative estimate of drug-likeness (QED) is 0.782. The third-order valence-electron chi connectivity index (χ3n) is 3.09. The van der Waals surface area contributed by atoms with Crippen LogP contribution < -0.4 is 5.73 Å². The summed E-state index contributed by atoms with van der Waals surface area (Å²) in [5.74, 6) is 0.453. The number of aryl methyl sites for hydroxylation is 2. The van der Waals surface area contributed by atoms with Gasteiger partial charge in [0, 0.05) is 26.7 Å². The number of benzene rings is 2. The Balaban J connectivity index is 2.09. The van der Waals surface area contributed by atoms with E-state index < -0.39 is 0 Å². The lowest BCUT2D eigenvalue weighted by Crippen LogP contribution is -2.16. The van der Waals surface area contributed by atoms with Gasteiger partial charge in [-0.2, -0.15) is 0 Å². The maximum Gasteiger partial charge on any atom is 0.128 e. The minimum atomic E-state index is -0.302. The van der Waals surface area contributed by atoms with E-state index in [-0.39, 0.29) is 11.9 Å². The van der Waals surface area contributed by atoms with E-state index >= 15 is 0 Å². The molecule has 2 N–H and O–H groups in total. The van der Waals surface area contributed by atoms with Gasteiger partial charge in [-0.15, -0.1) is 11.8 Å². The van der Waals surface area contributed by atoms with E-state index in [1.54, 1.807) is 17.8 Å². The highest BCUT2D eigenvalue weighted by Gasteiger charge is 2.15. The first-order valence-electron chi connectivity index (χ1n) is 6.38. The van der Waals surface area contributed by atoms with Gasteiger partial charge in [-0.1, -0.05) is 22.0 Å². The van der Waals surface area contributed by atoms with Crippen molar-refractivity contribution in [3.63, 3.8) is 0 Å². The van der Waals surface area contributed by atoms with Crippen molar-refractivity contribution < 1.29 is 4.39 Å². The lowest BCUT2D eigenvalue weighted by atomic mass is 10.00. The van der Waals surface area contributed by atoms with Gasteiger partial charge >= 0.3 is 0 Å². The zero-order valence-corrected chi connectivity index (χ0v) is 13.9. The summed E-state index contributed by atoms with van der Waals surface area (Å²) in [5.41, 5.74) is 8.63. The molecule has 1 atom stereocenters. The van der Waals surface area contributed by atoms with Crippen LogP contribution in [-0.2, 0) is 0 Å². The molecule has 0 aliphatic rings. The minimum absolute atomic E-state index is 0.202. The Bertz CT molecular complexity index is 575. The molecule has 0 heterocycles. The fourth-order valence-electron chi connectivity index (χ4n) is 2.20. The lowest BCUT2D eigenvalue weighted by molar-refractivity contribution is 0.591. The zero-order valence-electron chi connectivity index (χ0n) is 11.5. The van der Waals surface area contributed by atoms with Crippen LogP contribution in [0.5, 0.6) is 0 Å². The van der Waals surface area contributed by atoms with Gasteiger partial charge < -0.3 is 5.73 Å². The fraction of sp³-hybridized carbons (Fsp3) is 0.250. The van der Waals surface area contributed by atoms with Crippen LogP contribution in [0.25, 0.3) is 0 Å². The Kier molecular flexibility index (Phi) is 5.24. The largest absolute Gasteiger partial charge is 0.323 e. The van der Waals surface area contributed by atoms with Gasteiger partial charge in [0.05, 0.1) is 0 Å². The van der Waals surface area contributed by atoms with Crippen LogP contribution in [0.3, 0.4) is 0 Å². The van der Waals surface area contributed by atoms with Crippen molar-refractivity contribution in [1.82, 2.24) is 0 Å². The lowest BCUT2D eigenvalue weighted by Gasteiger charge is -2.16. The van der Waals surface area contributed by atoms with Crippen LogP contribution >= 0.6 is 27.7 Å². The van der Waals surface area contributed by atoms with Crippen LogP contribution in [0.1, 0.15) is 22.7 Å². The smallest absolute Gasteiger partial charge is 0.128 e. The molecule has 1 unspecified atom stereocenters. The van der Waals surface area contributed by atoms with Crippen molar-refractivity contribution in [2.24, 2.45) is 5.73 Å². The van der Waals surface area contributed by atoms with E-state index in [9.17, 15) is 4.39 Å². The fourth-order valence-corrected chi connectivity index (χ4v) is 3.33. The minimum Gasteiger partial charge on any atom is -0.323 e. The van der Waals surface area contributed by atoms with E-state index in [0.717, 1.165) is 20.5 Å². The molecule has 0 saturated carbocycles. The predicted molar refractivity (Wildman–Crippen MR) is 87.7 cm³/mol. The Morgan fingerprint density at radius 3 is 2.45 bits per heavy atom. The van der Waals surface area contributed by atoms with Crippen LogP contribution in [0.4, 0.5) is 4.39 Å². The van der Waals surface area contributed by atoms with Gasteiger partial charge in [0.1, 0.15) is 5.82 Å². The summed E-state index contributed by atoms with van der Waals surface area (Å²) in [5, 5.41) is 0. The number of rotatable bonds is 4. The molecule has 2 aromatic carbocycles. The molecular formula is C16H17BrFNS. The Morgan fingerprint density at radius 1 is 1.20 bits per heavy atom. The van der Waals surface area contributed by atoms with Crippen molar-refractivity contribution >= 4 is 27.7 Å². The molecule has 0 amide bonds. The first-order chi connectivity index (χ1) is 9.47. The molecule has 0 spiro atoms. The van der Waals surface area contributed by atoms with E-state index in [1.807, 2.05) is 44.2 Å². The summed E-state index contributed by atoms with van der Waals surface area (Å²) >= 11 is 5.05. The summed E-state index contributed by atoms with van der Waals surface area (Å²) in [6, 6.07) is 11.3. The second-order valence-corrected chi connectivity index (χ2v) is 6.86. The Labute approximate surface area is 131 Å². The van der Waals surface area contributed by atoms with Crippen LogP contribution in [0.2, 0.25) is 0 Å². The van der Waals surface area contributed by atoms with E-state index in [0.29, 0.717) is 11.3 Å². The standard InChI is InChI=1S/C16H17BrFNS/c1-10-7-11(2)16(14(18)8-10)15(19)9-20-13-5-3-12(17)4-6-13/h3-8,15H,9,19H2,1-2H3. The first kappa shape index (κ1) is 15.5. The third-order valence-corrected chi connectivity index (χ3v) is 4.75. The molecule has 0 radical (unpaired) electrons. The van der Waals surface area contributed by atoms with Gasteiger partial charge in [-0.3, -0.25) is 0 Å². The molecular weight excluding hydrogens is 337 g/mol. The summed E-state index contributed by atoms with van der Waals surface area (Å²) in [7, 11) is 0. The van der Waals surface area contributed by atoms with Crippen molar-refractivity contribution in [2.45, 2.75) is 24.8 Å². The molecule has 0 fully saturated rings. The maximum atomic E-state index is 14.0. The van der Waals surface area contributed by atoms with Gasteiger partial charge in [-0.25, -0.2) is 4.39 Å². The van der Waals surface area contributed by atoms with Gasteiger partial charge in [0.2, 0.25) is 0 Å². The zero-order chi connectivity index (χ0) is 14.7. The average molecular weight is 354 g/mol. The molecule has 4 heteroatoms. The third kappa shape index (κ3) is 3.84. The first-order valence-corrected chi connectivity index (χ1v) is 8.16. The van der Waals surface area contributed by atoms with Crippen LogP contribution in [0.15, 0.2) is 45.8 Å². The SMILES string of the molecule is Cc1cc(C)c(C(N)CSc2ccc(Br)cc2)c(F)c1. The highest BCUT2D eigenvalue weighted by molar-refractivity contribution is 9.10. The van der Waals surface area contributed by atoms with Gasteiger partial charge in [0.15, 0.2) is 0 Å². The molecule has 0 aliphatic carbocycles. The topological polar surface area (TPSA) is 26.0 Å². The molecule has 0 saturated heterocycles. The normalized spacial score (nSPS) is 12.4. The number of nitrogens with two attached hydrogens (primary N) is 1. The molecule has 2 aromatic rings. The van der Waals surface area contributed by atoms with Crippen molar-refractivity contribution in [2.75, 3.05) is 5.75 Å². The second-order valence-electron chi connectivity index (χ2n) is 4.85. The number of hydrogen-bond donors (Lipinski definition) is 1. The maximum absolute atomic E-state index is 14.0. The summed E-state index contributed by atoms with van der Waals surface area (Å²) in [4.78, 5) is 1.13. The number of hydrogen-bond acceptors (Lipinski definition) is 2. The molecule has 106 valence electrons. The molecule has 2 rings (SSSR count). The van der Waals surface area contributed by atoms with Crippen molar-refractivity contribution in [1.29, 1.82) is 0 Å². The second kappa shape index (κ2) is 6.74. The monoisotopic (exact) mass is 353 g/mol.